The van der Waals surface area contributed by atoms with E-state index in [1.54, 1.807) is 26.2 Å². The van der Waals surface area contributed by atoms with Crippen molar-refractivity contribution in [2.75, 3.05) is 25.6 Å². The molecule has 0 aromatic heterocycles. The summed E-state index contributed by atoms with van der Waals surface area (Å²) in [5, 5.41) is 23.0. The van der Waals surface area contributed by atoms with Crippen LogP contribution in [0.2, 0.25) is 0 Å². The molecular formula is C30H39NO5. The molecular weight excluding hydrogens is 454 g/mol. The lowest BCUT2D eigenvalue weighted by Crippen LogP contribution is -2.43. The monoisotopic (exact) mass is 493 g/mol. The predicted octanol–water partition coefficient (Wildman–Crippen LogP) is 5.93. The van der Waals surface area contributed by atoms with Crippen molar-refractivity contribution >= 4 is 11.6 Å². The molecule has 2 aromatic carbocycles. The largest absolute Gasteiger partial charge is 0.508 e. The Bertz CT molecular complexity index is 1130. The van der Waals surface area contributed by atoms with Gasteiger partial charge < -0.3 is 25.0 Å². The fraction of sp³-hybridized carbons (Fsp3) is 0.567. The summed E-state index contributed by atoms with van der Waals surface area (Å²) in [4.78, 5) is 12.4. The number of amides is 1. The first-order chi connectivity index (χ1) is 17.3. The van der Waals surface area contributed by atoms with Gasteiger partial charge in [0.05, 0.1) is 25.8 Å². The van der Waals surface area contributed by atoms with Gasteiger partial charge in [-0.2, -0.15) is 0 Å². The first-order valence-electron chi connectivity index (χ1n) is 13.4. The second kappa shape index (κ2) is 9.97. The molecule has 1 amide bonds. The summed E-state index contributed by atoms with van der Waals surface area (Å²) in [5.41, 5.74) is 4.10. The lowest BCUT2D eigenvalue weighted by atomic mass is 9.54. The molecule has 0 bridgehead atoms. The first-order valence-corrected chi connectivity index (χ1v) is 13.4. The van der Waals surface area contributed by atoms with E-state index in [9.17, 15) is 15.0 Å². The number of aromatic hydroxyl groups is 2. The quantitative estimate of drug-likeness (QED) is 0.329. The third-order valence-corrected chi connectivity index (χ3v) is 9.57. The molecule has 5 rings (SSSR count). The number of methoxy groups -OCH3 is 1. The average Bonchev–Trinajstić information content (AvgIpc) is 3.20. The molecule has 3 aliphatic rings. The van der Waals surface area contributed by atoms with Gasteiger partial charge in [0.1, 0.15) is 17.2 Å². The Kier molecular flexibility index (Phi) is 6.90. The zero-order chi connectivity index (χ0) is 25.4. The Morgan fingerprint density at radius 3 is 2.78 bits per heavy atom. The van der Waals surface area contributed by atoms with E-state index >= 15 is 0 Å². The van der Waals surface area contributed by atoms with Crippen LogP contribution in [0, 0.1) is 30.1 Å². The zero-order valence-electron chi connectivity index (χ0n) is 21.7. The highest BCUT2D eigenvalue weighted by Crippen LogP contribution is 2.63. The minimum atomic E-state index is -0.169. The minimum absolute atomic E-state index is 0.0336. The second-order valence-corrected chi connectivity index (χ2v) is 11.3. The van der Waals surface area contributed by atoms with Gasteiger partial charge in [-0.05, 0) is 110 Å². The Balaban J connectivity index is 1.13. The number of aryl methyl sites for hydroxylation is 1. The maximum Gasteiger partial charge on any atom is 0.226 e. The number of phenolic OH excluding ortho intramolecular Hbond substituents is 2. The molecule has 0 saturated heterocycles. The number of rotatable bonds is 7. The third-order valence-electron chi connectivity index (χ3n) is 9.57. The van der Waals surface area contributed by atoms with Gasteiger partial charge in [0, 0.05) is 12.2 Å². The number of phenols is 2. The fourth-order valence-electron chi connectivity index (χ4n) is 7.56. The fourth-order valence-corrected chi connectivity index (χ4v) is 7.56. The highest BCUT2D eigenvalue weighted by atomic mass is 16.5. The topological polar surface area (TPSA) is 88.0 Å². The van der Waals surface area contributed by atoms with Crippen molar-refractivity contribution in [3.05, 3.63) is 47.0 Å². The van der Waals surface area contributed by atoms with E-state index in [4.69, 9.17) is 9.47 Å². The standard InChI is InChI=1S/C30H39NO5/c1-18-27(35-3)11-10-26(29(18)34)31-28(33)13-15-36-17-20-5-9-25-24-7-4-19-16-21(32)6-8-22(19)23(24)12-14-30(20,25)2/h6,8,10-11,16,20,23-25,32,34H,4-5,7,9,12-15,17H2,1-3H3,(H,31,33). The average molecular weight is 494 g/mol. The number of nitrogens with one attached hydrogen (secondary N) is 1. The van der Waals surface area contributed by atoms with Crippen LogP contribution in [0.4, 0.5) is 5.69 Å². The van der Waals surface area contributed by atoms with Crippen LogP contribution < -0.4 is 10.1 Å². The Morgan fingerprint density at radius 2 is 1.97 bits per heavy atom. The Morgan fingerprint density at radius 1 is 1.14 bits per heavy atom. The number of hydrogen-bond acceptors (Lipinski definition) is 5. The van der Waals surface area contributed by atoms with Crippen LogP contribution in [0.5, 0.6) is 17.2 Å². The molecule has 5 atom stereocenters. The Hall–Kier alpha value is -2.73. The summed E-state index contributed by atoms with van der Waals surface area (Å²) in [5.74, 6) is 3.42. The molecule has 36 heavy (non-hydrogen) atoms. The third kappa shape index (κ3) is 4.45. The van der Waals surface area contributed by atoms with Crippen molar-refractivity contribution in [1.29, 1.82) is 0 Å². The van der Waals surface area contributed by atoms with Crippen molar-refractivity contribution in [3.63, 3.8) is 0 Å². The van der Waals surface area contributed by atoms with Crippen LogP contribution in [-0.4, -0.2) is 36.4 Å². The van der Waals surface area contributed by atoms with Gasteiger partial charge in [0.15, 0.2) is 0 Å². The summed E-state index contributed by atoms with van der Waals surface area (Å²) < 4.78 is 11.3. The summed E-state index contributed by atoms with van der Waals surface area (Å²) in [7, 11) is 1.55. The van der Waals surface area contributed by atoms with E-state index in [1.165, 1.54) is 43.2 Å². The summed E-state index contributed by atoms with van der Waals surface area (Å²) in [6, 6.07) is 9.38. The van der Waals surface area contributed by atoms with E-state index in [2.05, 4.69) is 18.3 Å². The maximum absolute atomic E-state index is 12.4. The van der Waals surface area contributed by atoms with Gasteiger partial charge in [-0.25, -0.2) is 0 Å². The number of carbonyl (C=O) groups excluding carboxylic acids is 1. The molecule has 2 saturated carbocycles. The van der Waals surface area contributed by atoms with Crippen molar-refractivity contribution in [1.82, 2.24) is 0 Å². The highest BCUT2D eigenvalue weighted by molar-refractivity contribution is 5.92. The van der Waals surface area contributed by atoms with E-state index < -0.39 is 0 Å². The molecule has 0 heterocycles. The molecule has 2 aromatic rings. The molecule has 194 valence electrons. The van der Waals surface area contributed by atoms with Crippen LogP contribution in [0.1, 0.15) is 68.1 Å². The van der Waals surface area contributed by atoms with E-state index in [0.717, 1.165) is 18.3 Å². The van der Waals surface area contributed by atoms with Gasteiger partial charge in [-0.1, -0.05) is 13.0 Å². The molecule has 2 fully saturated rings. The lowest BCUT2D eigenvalue weighted by Gasteiger charge is -2.51. The van der Waals surface area contributed by atoms with Crippen LogP contribution in [0.15, 0.2) is 30.3 Å². The number of anilines is 1. The molecule has 0 radical (unpaired) electrons. The van der Waals surface area contributed by atoms with Crippen molar-refractivity contribution < 1.29 is 24.5 Å². The highest BCUT2D eigenvalue weighted by Gasteiger charge is 2.54. The predicted molar refractivity (Wildman–Crippen MR) is 140 cm³/mol. The van der Waals surface area contributed by atoms with Gasteiger partial charge in [-0.3, -0.25) is 4.79 Å². The second-order valence-electron chi connectivity index (χ2n) is 11.3. The summed E-state index contributed by atoms with van der Waals surface area (Å²) >= 11 is 0. The molecule has 5 unspecified atom stereocenters. The molecule has 0 spiro atoms. The van der Waals surface area contributed by atoms with Crippen molar-refractivity contribution in [2.45, 2.75) is 64.7 Å². The number of benzene rings is 2. The van der Waals surface area contributed by atoms with Crippen LogP contribution in [0.25, 0.3) is 0 Å². The Labute approximate surface area is 214 Å². The van der Waals surface area contributed by atoms with Crippen molar-refractivity contribution in [3.8, 4) is 17.2 Å². The first kappa shape index (κ1) is 24.9. The smallest absolute Gasteiger partial charge is 0.226 e. The van der Waals surface area contributed by atoms with Gasteiger partial charge in [-0.15, -0.1) is 0 Å². The molecule has 6 heteroatoms. The van der Waals surface area contributed by atoms with Crippen LogP contribution in [0.3, 0.4) is 0 Å². The maximum atomic E-state index is 12.4. The number of hydrogen-bond donors (Lipinski definition) is 3. The summed E-state index contributed by atoms with van der Waals surface area (Å²) in [6.07, 6.45) is 7.41. The number of carbonyl (C=O) groups is 1. The van der Waals surface area contributed by atoms with E-state index in [0.29, 0.717) is 53.2 Å². The molecule has 3 aliphatic carbocycles. The van der Waals surface area contributed by atoms with Crippen LogP contribution in [-0.2, 0) is 16.0 Å². The number of ether oxygens (including phenoxy) is 2. The van der Waals surface area contributed by atoms with Gasteiger partial charge in [0.25, 0.3) is 0 Å². The minimum Gasteiger partial charge on any atom is -0.508 e. The summed E-state index contributed by atoms with van der Waals surface area (Å²) in [6.45, 7) is 5.31. The molecule has 3 N–H and O–H groups in total. The zero-order valence-corrected chi connectivity index (χ0v) is 21.7. The van der Waals surface area contributed by atoms with E-state index in [-0.39, 0.29) is 18.1 Å². The number of fused-ring (bicyclic) bond motifs is 5. The molecule has 6 nitrogen and oxygen atoms in total. The van der Waals surface area contributed by atoms with Gasteiger partial charge in [0.2, 0.25) is 5.91 Å². The molecule has 0 aliphatic heterocycles. The van der Waals surface area contributed by atoms with Gasteiger partial charge >= 0.3 is 0 Å². The normalized spacial score (nSPS) is 28.6. The lowest BCUT2D eigenvalue weighted by molar-refractivity contribution is -0.117. The van der Waals surface area contributed by atoms with Crippen LogP contribution >= 0.6 is 0 Å². The van der Waals surface area contributed by atoms with Crippen molar-refractivity contribution in [2.24, 2.45) is 23.2 Å². The van der Waals surface area contributed by atoms with E-state index in [1.807, 2.05) is 12.1 Å². The SMILES string of the molecule is COc1ccc(NC(=O)CCOCC2CCC3C4CCc5cc(O)ccc5C4CCC23C)c(O)c1C.